The van der Waals surface area contributed by atoms with Crippen LogP contribution in [0.4, 0.5) is 18.9 Å². The lowest BCUT2D eigenvalue weighted by atomic mass is 10.1. The standard InChI is InChI=1S/C27H19F3N4O2S/c28-27(29,30)19-11-7-12-20(17-19)31-25(35)23(18-9-3-1-4-10-18)37-26-33-32-24(22-15-8-16-36-22)34(26)21-13-5-2-6-14-21/h1-17,23H,(H,31,35)/t23-/m0/s1. The normalized spacial score (nSPS) is 12.3. The van der Waals surface area contributed by atoms with Crippen molar-refractivity contribution in [1.29, 1.82) is 0 Å². The van der Waals surface area contributed by atoms with E-state index in [0.717, 1.165) is 29.6 Å². The summed E-state index contributed by atoms with van der Waals surface area (Å²) in [5, 5.41) is 10.8. The number of alkyl halides is 3. The number of amides is 1. The Morgan fingerprint density at radius 2 is 1.62 bits per heavy atom. The van der Waals surface area contributed by atoms with E-state index in [1.54, 1.807) is 41.0 Å². The summed E-state index contributed by atoms with van der Waals surface area (Å²) in [6, 6.07) is 26.3. The van der Waals surface area contributed by atoms with Crippen LogP contribution in [0.3, 0.4) is 0 Å². The predicted octanol–water partition coefficient (Wildman–Crippen LogP) is 7.02. The maximum absolute atomic E-state index is 13.5. The molecule has 10 heteroatoms. The van der Waals surface area contributed by atoms with Crippen LogP contribution in [0.25, 0.3) is 17.3 Å². The summed E-state index contributed by atoms with van der Waals surface area (Å²) < 4.78 is 46.9. The maximum Gasteiger partial charge on any atom is 0.416 e. The van der Waals surface area contributed by atoms with Gasteiger partial charge in [0.2, 0.25) is 11.7 Å². The highest BCUT2D eigenvalue weighted by molar-refractivity contribution is 8.00. The molecule has 6 nitrogen and oxygen atoms in total. The highest BCUT2D eigenvalue weighted by Crippen LogP contribution is 2.38. The molecule has 0 spiro atoms. The van der Waals surface area contributed by atoms with Gasteiger partial charge in [0.1, 0.15) is 5.25 Å². The Labute approximate surface area is 214 Å². The van der Waals surface area contributed by atoms with E-state index in [-0.39, 0.29) is 5.69 Å². The van der Waals surface area contributed by atoms with Gasteiger partial charge in [-0.05, 0) is 48.0 Å². The molecule has 186 valence electrons. The lowest BCUT2D eigenvalue weighted by molar-refractivity contribution is -0.137. The Morgan fingerprint density at radius 1 is 0.892 bits per heavy atom. The molecule has 3 aromatic carbocycles. The Balaban J connectivity index is 1.52. The van der Waals surface area contributed by atoms with Crippen molar-refractivity contribution in [3.8, 4) is 17.3 Å². The van der Waals surface area contributed by atoms with Gasteiger partial charge < -0.3 is 9.73 Å². The lowest BCUT2D eigenvalue weighted by Gasteiger charge is -2.18. The molecule has 0 fully saturated rings. The number of carbonyl (C=O) groups excluding carboxylic acids is 1. The monoisotopic (exact) mass is 520 g/mol. The van der Waals surface area contributed by atoms with E-state index >= 15 is 0 Å². The predicted molar refractivity (Wildman–Crippen MR) is 134 cm³/mol. The molecule has 2 aromatic heterocycles. The Hall–Kier alpha value is -4.31. The van der Waals surface area contributed by atoms with E-state index in [9.17, 15) is 18.0 Å². The molecule has 0 saturated heterocycles. The van der Waals surface area contributed by atoms with Crippen molar-refractivity contribution in [1.82, 2.24) is 14.8 Å². The number of nitrogens with zero attached hydrogens (tertiary/aromatic N) is 3. The third-order valence-corrected chi connectivity index (χ3v) is 6.61. The minimum atomic E-state index is -4.53. The molecule has 0 aliphatic heterocycles. The number of benzene rings is 3. The van der Waals surface area contributed by atoms with Crippen LogP contribution in [0.5, 0.6) is 0 Å². The van der Waals surface area contributed by atoms with E-state index in [4.69, 9.17) is 4.42 Å². The van der Waals surface area contributed by atoms with Gasteiger partial charge in [-0.15, -0.1) is 10.2 Å². The van der Waals surface area contributed by atoms with Gasteiger partial charge in [0, 0.05) is 11.4 Å². The molecule has 0 bridgehead atoms. The molecular weight excluding hydrogens is 501 g/mol. The average molecular weight is 521 g/mol. The first kappa shape index (κ1) is 24.4. The average Bonchev–Trinajstić information content (AvgIpc) is 3.58. The highest BCUT2D eigenvalue weighted by atomic mass is 32.2. The minimum Gasteiger partial charge on any atom is -0.461 e. The number of thioether (sulfide) groups is 1. The number of hydrogen-bond donors (Lipinski definition) is 1. The molecule has 0 radical (unpaired) electrons. The second-order valence-electron chi connectivity index (χ2n) is 7.93. The Kier molecular flexibility index (Phi) is 6.82. The van der Waals surface area contributed by atoms with Crippen LogP contribution in [-0.2, 0) is 11.0 Å². The number of rotatable bonds is 7. The van der Waals surface area contributed by atoms with E-state index in [1.807, 2.05) is 36.4 Å². The maximum atomic E-state index is 13.5. The van der Waals surface area contributed by atoms with Crippen LogP contribution in [0, 0.1) is 0 Å². The number of furan rings is 1. The molecule has 0 unspecified atom stereocenters. The summed E-state index contributed by atoms with van der Waals surface area (Å²) in [4.78, 5) is 13.5. The van der Waals surface area contributed by atoms with Crippen molar-refractivity contribution < 1.29 is 22.4 Å². The van der Waals surface area contributed by atoms with Gasteiger partial charge in [-0.3, -0.25) is 9.36 Å². The molecule has 0 aliphatic carbocycles. The van der Waals surface area contributed by atoms with Crippen molar-refractivity contribution in [2.75, 3.05) is 5.32 Å². The van der Waals surface area contributed by atoms with Gasteiger partial charge in [-0.25, -0.2) is 0 Å². The van der Waals surface area contributed by atoms with Crippen molar-refractivity contribution in [3.05, 3.63) is 114 Å². The van der Waals surface area contributed by atoms with Gasteiger partial charge in [0.15, 0.2) is 10.9 Å². The zero-order valence-electron chi connectivity index (χ0n) is 19.1. The summed E-state index contributed by atoms with van der Waals surface area (Å²) in [5.74, 6) is 0.439. The lowest BCUT2D eigenvalue weighted by Crippen LogP contribution is -2.20. The van der Waals surface area contributed by atoms with Gasteiger partial charge in [-0.2, -0.15) is 13.2 Å². The Morgan fingerprint density at radius 3 is 2.30 bits per heavy atom. The van der Waals surface area contributed by atoms with Crippen molar-refractivity contribution in [2.45, 2.75) is 16.6 Å². The summed E-state index contributed by atoms with van der Waals surface area (Å²) in [6.07, 6.45) is -3.00. The fraction of sp³-hybridized carbons (Fsp3) is 0.0741. The minimum absolute atomic E-state index is 0.0437. The molecule has 1 atom stereocenters. The van der Waals surface area contributed by atoms with E-state index in [2.05, 4.69) is 15.5 Å². The topological polar surface area (TPSA) is 73.0 Å². The van der Waals surface area contributed by atoms with Crippen LogP contribution < -0.4 is 5.32 Å². The molecule has 2 heterocycles. The van der Waals surface area contributed by atoms with Crippen LogP contribution >= 0.6 is 11.8 Å². The number of hydrogen-bond acceptors (Lipinski definition) is 5. The van der Waals surface area contributed by atoms with Gasteiger partial charge >= 0.3 is 6.18 Å². The van der Waals surface area contributed by atoms with Crippen LogP contribution in [0.15, 0.2) is 113 Å². The van der Waals surface area contributed by atoms with E-state index < -0.39 is 22.9 Å². The van der Waals surface area contributed by atoms with Gasteiger partial charge in [0.25, 0.3) is 0 Å². The molecule has 1 amide bonds. The number of anilines is 1. The molecule has 1 N–H and O–H groups in total. The number of nitrogens with one attached hydrogen (secondary N) is 1. The van der Waals surface area contributed by atoms with Crippen LogP contribution in [0.1, 0.15) is 16.4 Å². The van der Waals surface area contributed by atoms with Gasteiger partial charge in [0.05, 0.1) is 11.8 Å². The largest absolute Gasteiger partial charge is 0.461 e. The third-order valence-electron chi connectivity index (χ3n) is 5.41. The summed E-state index contributed by atoms with van der Waals surface area (Å²) >= 11 is 1.13. The summed E-state index contributed by atoms with van der Waals surface area (Å²) in [5.41, 5.74) is 0.605. The third kappa shape index (κ3) is 5.44. The van der Waals surface area contributed by atoms with Crippen molar-refractivity contribution in [3.63, 3.8) is 0 Å². The molecule has 37 heavy (non-hydrogen) atoms. The molecule has 5 aromatic rings. The second-order valence-corrected chi connectivity index (χ2v) is 9.00. The van der Waals surface area contributed by atoms with Crippen LogP contribution in [0.2, 0.25) is 0 Å². The first-order chi connectivity index (χ1) is 17.9. The van der Waals surface area contributed by atoms with E-state index in [0.29, 0.717) is 22.3 Å². The second kappa shape index (κ2) is 10.4. The zero-order valence-corrected chi connectivity index (χ0v) is 19.9. The number of carbonyl (C=O) groups is 1. The fourth-order valence-corrected chi connectivity index (χ4v) is 4.76. The van der Waals surface area contributed by atoms with Crippen LogP contribution in [-0.4, -0.2) is 20.7 Å². The van der Waals surface area contributed by atoms with Gasteiger partial charge in [-0.1, -0.05) is 66.4 Å². The first-order valence-corrected chi connectivity index (χ1v) is 12.0. The Bertz CT molecular complexity index is 1490. The summed E-state index contributed by atoms with van der Waals surface area (Å²) in [7, 11) is 0. The number of halogens is 3. The molecule has 5 rings (SSSR count). The van der Waals surface area contributed by atoms with Crippen molar-refractivity contribution in [2.24, 2.45) is 0 Å². The number of para-hydroxylation sites is 1. The molecular formula is C27H19F3N4O2S. The quantitative estimate of drug-likeness (QED) is 0.234. The van der Waals surface area contributed by atoms with Crippen molar-refractivity contribution >= 4 is 23.4 Å². The fourth-order valence-electron chi connectivity index (χ4n) is 3.71. The number of aromatic nitrogens is 3. The molecule has 0 aliphatic rings. The first-order valence-electron chi connectivity index (χ1n) is 11.1. The zero-order chi connectivity index (χ0) is 25.8. The highest BCUT2D eigenvalue weighted by Gasteiger charge is 2.31. The van der Waals surface area contributed by atoms with E-state index in [1.165, 1.54) is 18.4 Å². The smallest absolute Gasteiger partial charge is 0.416 e. The molecule has 0 saturated carbocycles. The SMILES string of the molecule is O=C(Nc1cccc(C(F)(F)F)c1)[C@@H](Sc1nnc(-c2ccco2)n1-c1ccccc1)c1ccccc1. The summed E-state index contributed by atoms with van der Waals surface area (Å²) in [6.45, 7) is 0.